The maximum Gasteiger partial charge on any atom is 0.306 e. The van der Waals surface area contributed by atoms with E-state index in [4.69, 9.17) is 5.11 Å². The highest BCUT2D eigenvalue weighted by Gasteiger charge is 2.21. The molecule has 3 nitrogen and oxygen atoms in total. The molecule has 0 bridgehead atoms. The maximum atomic E-state index is 10.6. The third kappa shape index (κ3) is 3.51. The SMILES string of the molecule is CCCC(CC=O)C(C)C(=O)O. The van der Waals surface area contributed by atoms with E-state index in [-0.39, 0.29) is 5.92 Å². The van der Waals surface area contributed by atoms with Crippen LogP contribution in [0.15, 0.2) is 0 Å². The summed E-state index contributed by atoms with van der Waals surface area (Å²) in [5.41, 5.74) is 0. The van der Waals surface area contributed by atoms with E-state index in [2.05, 4.69) is 0 Å². The van der Waals surface area contributed by atoms with Crippen molar-refractivity contribution in [1.29, 1.82) is 0 Å². The van der Waals surface area contributed by atoms with Gasteiger partial charge in [0, 0.05) is 6.42 Å². The number of carboxylic acids is 1. The van der Waals surface area contributed by atoms with Crippen molar-refractivity contribution in [3.05, 3.63) is 0 Å². The first-order valence-electron chi connectivity index (χ1n) is 4.29. The molecule has 2 unspecified atom stereocenters. The minimum Gasteiger partial charge on any atom is -0.481 e. The zero-order valence-corrected chi connectivity index (χ0v) is 7.62. The smallest absolute Gasteiger partial charge is 0.306 e. The van der Waals surface area contributed by atoms with Crippen LogP contribution in [0.25, 0.3) is 0 Å². The van der Waals surface area contributed by atoms with Gasteiger partial charge in [-0.15, -0.1) is 0 Å². The van der Waals surface area contributed by atoms with Gasteiger partial charge in [0.15, 0.2) is 0 Å². The highest BCUT2D eigenvalue weighted by Crippen LogP contribution is 2.20. The summed E-state index contributed by atoms with van der Waals surface area (Å²) in [6.07, 6.45) is 2.91. The lowest BCUT2D eigenvalue weighted by Crippen LogP contribution is -2.20. The van der Waals surface area contributed by atoms with Crippen molar-refractivity contribution in [1.82, 2.24) is 0 Å². The number of carbonyl (C=O) groups excluding carboxylic acids is 1. The van der Waals surface area contributed by atoms with E-state index in [1.807, 2.05) is 6.92 Å². The van der Waals surface area contributed by atoms with Gasteiger partial charge in [-0.05, 0) is 12.3 Å². The fourth-order valence-electron chi connectivity index (χ4n) is 1.27. The average Bonchev–Trinajstić information content (AvgIpc) is 2.03. The van der Waals surface area contributed by atoms with Gasteiger partial charge in [-0.1, -0.05) is 20.3 Å². The largest absolute Gasteiger partial charge is 0.481 e. The van der Waals surface area contributed by atoms with Crippen molar-refractivity contribution in [3.63, 3.8) is 0 Å². The molecule has 0 aromatic carbocycles. The highest BCUT2D eigenvalue weighted by molar-refractivity contribution is 5.70. The average molecular weight is 172 g/mol. The fourth-order valence-corrected chi connectivity index (χ4v) is 1.27. The molecule has 0 aliphatic heterocycles. The maximum absolute atomic E-state index is 10.6. The van der Waals surface area contributed by atoms with Crippen molar-refractivity contribution >= 4 is 12.3 Å². The Morgan fingerprint density at radius 2 is 2.17 bits per heavy atom. The minimum absolute atomic E-state index is 0.00463. The zero-order valence-electron chi connectivity index (χ0n) is 7.62. The second-order valence-corrected chi connectivity index (χ2v) is 3.08. The summed E-state index contributed by atoms with van der Waals surface area (Å²) in [5.74, 6) is -1.21. The van der Waals surface area contributed by atoms with Crippen LogP contribution >= 0.6 is 0 Å². The molecule has 0 aliphatic carbocycles. The highest BCUT2D eigenvalue weighted by atomic mass is 16.4. The Hall–Kier alpha value is -0.860. The van der Waals surface area contributed by atoms with Crippen LogP contribution < -0.4 is 0 Å². The van der Waals surface area contributed by atoms with E-state index >= 15 is 0 Å². The molecule has 2 atom stereocenters. The van der Waals surface area contributed by atoms with Crippen molar-refractivity contribution in [3.8, 4) is 0 Å². The Bertz CT molecular complexity index is 154. The van der Waals surface area contributed by atoms with Gasteiger partial charge in [0.25, 0.3) is 0 Å². The molecule has 0 saturated heterocycles. The molecule has 1 N–H and O–H groups in total. The first-order chi connectivity index (χ1) is 5.63. The third-order valence-corrected chi connectivity index (χ3v) is 2.16. The van der Waals surface area contributed by atoms with Crippen LogP contribution in [0, 0.1) is 11.8 Å². The summed E-state index contributed by atoms with van der Waals surface area (Å²) in [6, 6.07) is 0. The quantitative estimate of drug-likeness (QED) is 0.620. The molecule has 0 spiro atoms. The molecular formula is C9H16O3. The van der Waals surface area contributed by atoms with E-state index in [9.17, 15) is 9.59 Å². The van der Waals surface area contributed by atoms with Gasteiger partial charge in [0.2, 0.25) is 0 Å². The predicted molar refractivity (Wildman–Crippen MR) is 45.9 cm³/mol. The van der Waals surface area contributed by atoms with Gasteiger partial charge >= 0.3 is 5.97 Å². The molecule has 0 heterocycles. The predicted octanol–water partition coefficient (Wildman–Crippen LogP) is 1.71. The van der Waals surface area contributed by atoms with Crippen LogP contribution in [-0.4, -0.2) is 17.4 Å². The molecule has 0 aromatic rings. The Balaban J connectivity index is 4.07. The van der Waals surface area contributed by atoms with E-state index in [1.54, 1.807) is 6.92 Å². The molecule has 0 radical (unpaired) electrons. The molecular weight excluding hydrogens is 156 g/mol. The van der Waals surface area contributed by atoms with Crippen LogP contribution in [0.5, 0.6) is 0 Å². The first-order valence-corrected chi connectivity index (χ1v) is 4.29. The molecule has 0 amide bonds. The topological polar surface area (TPSA) is 54.4 Å². The summed E-state index contributed by atoms with van der Waals surface area (Å²) in [5, 5.41) is 8.69. The summed E-state index contributed by atoms with van der Waals surface area (Å²) >= 11 is 0. The molecule has 12 heavy (non-hydrogen) atoms. The van der Waals surface area contributed by atoms with Gasteiger partial charge in [-0.2, -0.15) is 0 Å². The molecule has 0 saturated carbocycles. The number of aliphatic carboxylic acids is 1. The van der Waals surface area contributed by atoms with Gasteiger partial charge in [0.05, 0.1) is 5.92 Å². The molecule has 0 aliphatic rings. The summed E-state index contributed by atoms with van der Waals surface area (Å²) in [7, 11) is 0. The van der Waals surface area contributed by atoms with Crippen LogP contribution in [0.3, 0.4) is 0 Å². The summed E-state index contributed by atoms with van der Waals surface area (Å²) < 4.78 is 0. The van der Waals surface area contributed by atoms with E-state index in [1.165, 1.54) is 0 Å². The van der Waals surface area contributed by atoms with Crippen LogP contribution in [0.4, 0.5) is 0 Å². The Kier molecular flexibility index (Phi) is 5.34. The summed E-state index contributed by atoms with van der Waals surface area (Å²) in [4.78, 5) is 20.8. The summed E-state index contributed by atoms with van der Waals surface area (Å²) in [6.45, 7) is 3.65. The van der Waals surface area contributed by atoms with E-state index in [0.717, 1.165) is 19.1 Å². The van der Waals surface area contributed by atoms with Gasteiger partial charge in [0.1, 0.15) is 6.29 Å². The number of carboxylic acid groups (broad SMARTS) is 1. The fraction of sp³-hybridized carbons (Fsp3) is 0.778. The lowest BCUT2D eigenvalue weighted by molar-refractivity contribution is -0.143. The van der Waals surface area contributed by atoms with Crippen molar-refractivity contribution in [2.45, 2.75) is 33.1 Å². The number of carbonyl (C=O) groups is 2. The van der Waals surface area contributed by atoms with Crippen molar-refractivity contribution < 1.29 is 14.7 Å². The second-order valence-electron chi connectivity index (χ2n) is 3.08. The zero-order chi connectivity index (χ0) is 9.56. The van der Waals surface area contributed by atoms with E-state index < -0.39 is 11.9 Å². The number of hydrogen-bond acceptors (Lipinski definition) is 2. The standard InChI is InChI=1S/C9H16O3/c1-3-4-8(5-6-10)7(2)9(11)12/h6-8H,3-5H2,1-2H3,(H,11,12). The lowest BCUT2D eigenvalue weighted by atomic mass is 9.88. The van der Waals surface area contributed by atoms with Crippen LogP contribution in [-0.2, 0) is 9.59 Å². The third-order valence-electron chi connectivity index (χ3n) is 2.16. The molecule has 0 fully saturated rings. The Labute approximate surface area is 72.8 Å². The molecule has 3 heteroatoms. The molecule has 0 rings (SSSR count). The molecule has 70 valence electrons. The van der Waals surface area contributed by atoms with E-state index in [0.29, 0.717) is 6.42 Å². The Morgan fingerprint density at radius 3 is 2.50 bits per heavy atom. The van der Waals surface area contributed by atoms with Crippen molar-refractivity contribution in [2.24, 2.45) is 11.8 Å². The van der Waals surface area contributed by atoms with Crippen LogP contribution in [0.1, 0.15) is 33.1 Å². The normalized spacial score (nSPS) is 15.2. The van der Waals surface area contributed by atoms with Gasteiger partial charge in [-0.25, -0.2) is 0 Å². The van der Waals surface area contributed by atoms with Gasteiger partial charge < -0.3 is 9.90 Å². The number of hydrogen-bond donors (Lipinski definition) is 1. The molecule has 0 aromatic heterocycles. The Morgan fingerprint density at radius 1 is 1.58 bits per heavy atom. The first kappa shape index (κ1) is 11.1. The van der Waals surface area contributed by atoms with Gasteiger partial charge in [-0.3, -0.25) is 4.79 Å². The van der Waals surface area contributed by atoms with Crippen LogP contribution in [0.2, 0.25) is 0 Å². The van der Waals surface area contributed by atoms with Crippen molar-refractivity contribution in [2.75, 3.05) is 0 Å². The monoisotopic (exact) mass is 172 g/mol. The number of rotatable bonds is 6. The second kappa shape index (κ2) is 5.75. The lowest BCUT2D eigenvalue weighted by Gasteiger charge is -2.16. The minimum atomic E-state index is -0.810. The number of aldehydes is 1.